The van der Waals surface area contributed by atoms with Crippen molar-refractivity contribution in [3.63, 3.8) is 0 Å². The average molecular weight is 299 g/mol. The molecule has 0 aliphatic rings. The molecule has 3 rings (SSSR count). The molecule has 21 heavy (non-hydrogen) atoms. The van der Waals surface area contributed by atoms with Crippen molar-refractivity contribution in [3.8, 4) is 0 Å². The molecular weight excluding hydrogens is 286 g/mol. The highest BCUT2D eigenvalue weighted by Gasteiger charge is 2.04. The molecule has 1 N–H and O–H groups in total. The van der Waals surface area contributed by atoms with Gasteiger partial charge in [-0.1, -0.05) is 12.1 Å². The number of anilines is 1. The topological polar surface area (TPSA) is 68.1 Å². The maximum absolute atomic E-state index is 10.6. The van der Waals surface area contributed by atoms with Gasteiger partial charge in [-0.05, 0) is 30.2 Å². The third kappa shape index (κ3) is 3.17. The van der Waals surface area contributed by atoms with Crippen molar-refractivity contribution in [2.24, 2.45) is 0 Å². The second-order valence-electron chi connectivity index (χ2n) is 4.64. The fourth-order valence-electron chi connectivity index (χ4n) is 2.10. The van der Waals surface area contributed by atoms with Gasteiger partial charge in [0.1, 0.15) is 0 Å². The summed E-state index contributed by atoms with van der Waals surface area (Å²) in [7, 11) is 0. The molecule has 0 radical (unpaired) electrons. The number of fused-ring (bicyclic) bond motifs is 1. The second kappa shape index (κ2) is 5.88. The summed E-state index contributed by atoms with van der Waals surface area (Å²) in [6.07, 6.45) is 0.818. The number of benzene rings is 2. The lowest BCUT2D eigenvalue weighted by atomic mass is 10.1. The molecular formula is C15H13N3O2S. The Balaban J connectivity index is 1.58. The van der Waals surface area contributed by atoms with E-state index < -0.39 is 0 Å². The lowest BCUT2D eigenvalue weighted by molar-refractivity contribution is -0.384. The van der Waals surface area contributed by atoms with Crippen molar-refractivity contribution in [1.29, 1.82) is 0 Å². The molecule has 0 bridgehead atoms. The van der Waals surface area contributed by atoms with Crippen LogP contribution in [0.15, 0.2) is 48.0 Å². The average Bonchev–Trinajstić information content (AvgIpc) is 2.95. The Hall–Kier alpha value is -2.47. The maximum atomic E-state index is 10.6. The fraction of sp³-hybridized carbons (Fsp3) is 0.133. The van der Waals surface area contributed by atoms with Crippen LogP contribution in [0.2, 0.25) is 0 Å². The number of hydrogen-bond donors (Lipinski definition) is 1. The van der Waals surface area contributed by atoms with E-state index in [2.05, 4.69) is 16.4 Å². The van der Waals surface area contributed by atoms with Crippen LogP contribution >= 0.6 is 11.3 Å². The molecule has 0 atom stereocenters. The summed E-state index contributed by atoms with van der Waals surface area (Å²) in [6, 6.07) is 12.8. The molecule has 0 aliphatic heterocycles. The maximum Gasteiger partial charge on any atom is 0.269 e. The Kier molecular flexibility index (Phi) is 3.79. The first kappa shape index (κ1) is 13.5. The molecule has 5 nitrogen and oxygen atoms in total. The zero-order valence-corrected chi connectivity index (χ0v) is 12.0. The van der Waals surface area contributed by atoms with Crippen molar-refractivity contribution in [3.05, 3.63) is 63.7 Å². The van der Waals surface area contributed by atoms with Crippen molar-refractivity contribution in [1.82, 2.24) is 4.98 Å². The van der Waals surface area contributed by atoms with Crippen molar-refractivity contribution in [2.75, 3.05) is 11.9 Å². The van der Waals surface area contributed by atoms with E-state index in [1.54, 1.807) is 35.6 Å². The van der Waals surface area contributed by atoms with Gasteiger partial charge < -0.3 is 5.32 Å². The van der Waals surface area contributed by atoms with Gasteiger partial charge in [0.2, 0.25) is 0 Å². The number of non-ortho nitro benzene ring substituents is 1. The molecule has 0 aliphatic carbocycles. The summed E-state index contributed by atoms with van der Waals surface area (Å²) >= 11 is 1.62. The van der Waals surface area contributed by atoms with E-state index in [1.165, 1.54) is 0 Å². The Labute approximate surface area is 125 Å². The van der Waals surface area contributed by atoms with Gasteiger partial charge in [0.15, 0.2) is 0 Å². The molecule has 0 saturated heterocycles. The van der Waals surface area contributed by atoms with Crippen LogP contribution < -0.4 is 5.32 Å². The minimum absolute atomic E-state index is 0.127. The van der Waals surface area contributed by atoms with Gasteiger partial charge in [-0.15, -0.1) is 11.3 Å². The van der Waals surface area contributed by atoms with Gasteiger partial charge in [-0.25, -0.2) is 4.98 Å². The minimum Gasteiger partial charge on any atom is -0.385 e. The van der Waals surface area contributed by atoms with Gasteiger partial charge in [0.25, 0.3) is 5.69 Å². The van der Waals surface area contributed by atoms with Crippen molar-refractivity contribution in [2.45, 2.75) is 6.42 Å². The van der Waals surface area contributed by atoms with Gasteiger partial charge in [0.05, 0.1) is 20.7 Å². The highest BCUT2D eigenvalue weighted by molar-refractivity contribution is 7.16. The Morgan fingerprint density at radius 1 is 1.19 bits per heavy atom. The third-order valence-corrected chi connectivity index (χ3v) is 4.01. The predicted octanol–water partition coefficient (Wildman–Crippen LogP) is 3.86. The summed E-state index contributed by atoms with van der Waals surface area (Å²) in [5.41, 5.74) is 5.12. The van der Waals surface area contributed by atoms with Crippen LogP contribution in [-0.2, 0) is 6.42 Å². The smallest absolute Gasteiger partial charge is 0.269 e. The molecule has 106 valence electrons. The number of nitro benzene ring substituents is 1. The fourth-order valence-corrected chi connectivity index (χ4v) is 2.82. The van der Waals surface area contributed by atoms with Crippen molar-refractivity contribution < 1.29 is 4.92 Å². The highest BCUT2D eigenvalue weighted by Crippen LogP contribution is 2.21. The summed E-state index contributed by atoms with van der Waals surface area (Å²) in [5.74, 6) is 0. The van der Waals surface area contributed by atoms with E-state index in [0.29, 0.717) is 0 Å². The summed E-state index contributed by atoms with van der Waals surface area (Å²) in [4.78, 5) is 14.4. The zero-order chi connectivity index (χ0) is 14.7. The lowest BCUT2D eigenvalue weighted by Gasteiger charge is -2.06. The molecule has 1 heterocycles. The third-order valence-electron chi connectivity index (χ3n) is 3.22. The molecule has 0 fully saturated rings. The molecule has 0 amide bonds. The largest absolute Gasteiger partial charge is 0.385 e. The molecule has 3 aromatic rings. The summed E-state index contributed by atoms with van der Waals surface area (Å²) in [5, 5.41) is 13.9. The number of rotatable bonds is 5. The summed E-state index contributed by atoms with van der Waals surface area (Å²) < 4.78 is 1.16. The predicted molar refractivity (Wildman–Crippen MR) is 84.9 cm³/mol. The first-order chi connectivity index (χ1) is 10.2. The van der Waals surface area contributed by atoms with Gasteiger partial charge >= 0.3 is 0 Å². The standard InChI is InChI=1S/C15H13N3O2S/c19-18(20)13-4-1-11(2-5-13)7-8-16-12-3-6-14-15(9-12)21-10-17-14/h1-6,9-10,16H,7-8H2. The second-order valence-corrected chi connectivity index (χ2v) is 5.52. The number of thiazole rings is 1. The SMILES string of the molecule is O=[N+]([O-])c1ccc(CCNc2ccc3ncsc3c2)cc1. The minimum atomic E-state index is -0.383. The van der Waals surface area contributed by atoms with Gasteiger partial charge in [-0.3, -0.25) is 10.1 Å². The molecule has 0 saturated carbocycles. The Bertz CT molecular complexity index is 768. The first-order valence-corrected chi connectivity index (χ1v) is 7.41. The number of nitrogens with zero attached hydrogens (tertiary/aromatic N) is 2. The van der Waals surface area contributed by atoms with Crippen LogP contribution in [0, 0.1) is 10.1 Å². The zero-order valence-electron chi connectivity index (χ0n) is 11.2. The lowest BCUT2D eigenvalue weighted by Crippen LogP contribution is -2.04. The van der Waals surface area contributed by atoms with Crippen LogP contribution in [0.3, 0.4) is 0 Å². The number of aromatic nitrogens is 1. The highest BCUT2D eigenvalue weighted by atomic mass is 32.1. The first-order valence-electron chi connectivity index (χ1n) is 6.53. The quantitative estimate of drug-likeness (QED) is 0.574. The monoisotopic (exact) mass is 299 g/mol. The van der Waals surface area contributed by atoms with Crippen LogP contribution in [0.1, 0.15) is 5.56 Å². The normalized spacial score (nSPS) is 10.7. The number of nitro groups is 1. The van der Waals surface area contributed by atoms with E-state index in [1.807, 2.05) is 17.6 Å². The number of nitrogens with one attached hydrogen (secondary N) is 1. The molecule has 2 aromatic carbocycles. The van der Waals surface area contributed by atoms with E-state index in [-0.39, 0.29) is 10.6 Å². The Morgan fingerprint density at radius 3 is 2.76 bits per heavy atom. The summed E-state index contributed by atoms with van der Waals surface area (Å²) in [6.45, 7) is 0.780. The number of hydrogen-bond acceptors (Lipinski definition) is 5. The van der Waals surface area contributed by atoms with E-state index in [9.17, 15) is 10.1 Å². The molecule has 6 heteroatoms. The van der Waals surface area contributed by atoms with Crippen LogP contribution in [-0.4, -0.2) is 16.5 Å². The van der Waals surface area contributed by atoms with Crippen LogP contribution in [0.4, 0.5) is 11.4 Å². The molecule has 1 aromatic heterocycles. The van der Waals surface area contributed by atoms with E-state index >= 15 is 0 Å². The van der Waals surface area contributed by atoms with Crippen molar-refractivity contribution >= 4 is 32.9 Å². The van der Waals surface area contributed by atoms with Gasteiger partial charge in [0, 0.05) is 24.4 Å². The van der Waals surface area contributed by atoms with Gasteiger partial charge in [-0.2, -0.15) is 0 Å². The van der Waals surface area contributed by atoms with E-state index in [0.717, 1.165) is 34.4 Å². The van der Waals surface area contributed by atoms with Crippen LogP contribution in [0.5, 0.6) is 0 Å². The molecule has 0 spiro atoms. The van der Waals surface area contributed by atoms with Crippen LogP contribution in [0.25, 0.3) is 10.2 Å². The Morgan fingerprint density at radius 2 is 2.00 bits per heavy atom. The van der Waals surface area contributed by atoms with E-state index in [4.69, 9.17) is 0 Å². The molecule has 0 unspecified atom stereocenters.